The summed E-state index contributed by atoms with van der Waals surface area (Å²) in [5.41, 5.74) is 6.44. The molecular formula is C18H18Cl2N2O5. The van der Waals surface area contributed by atoms with Crippen molar-refractivity contribution in [2.24, 2.45) is 5.73 Å². The highest BCUT2D eigenvalue weighted by Crippen LogP contribution is 2.37. The van der Waals surface area contributed by atoms with Gasteiger partial charge >= 0.3 is 5.97 Å². The molecule has 0 bridgehead atoms. The molecule has 0 spiro atoms. The van der Waals surface area contributed by atoms with E-state index in [4.69, 9.17) is 43.5 Å². The summed E-state index contributed by atoms with van der Waals surface area (Å²) in [6.45, 7) is 2.20. The van der Waals surface area contributed by atoms with E-state index in [1.807, 2.05) is 0 Å². The van der Waals surface area contributed by atoms with Gasteiger partial charge in [-0.15, -0.1) is 0 Å². The molecule has 27 heavy (non-hydrogen) atoms. The molecule has 0 aromatic heterocycles. The fourth-order valence-electron chi connectivity index (χ4n) is 2.27. The Morgan fingerprint density at radius 1 is 1.15 bits per heavy atom. The van der Waals surface area contributed by atoms with Crippen molar-refractivity contribution in [2.45, 2.75) is 13.5 Å². The van der Waals surface area contributed by atoms with Crippen molar-refractivity contribution in [1.82, 2.24) is 0 Å². The topological polar surface area (TPSA) is 111 Å². The van der Waals surface area contributed by atoms with Gasteiger partial charge in [0, 0.05) is 12.2 Å². The lowest BCUT2D eigenvalue weighted by Crippen LogP contribution is -2.20. The van der Waals surface area contributed by atoms with Gasteiger partial charge < -0.3 is 25.6 Å². The zero-order chi connectivity index (χ0) is 20.0. The number of nitrogens with one attached hydrogen (secondary N) is 1. The Balaban J connectivity index is 2.20. The Kier molecular flexibility index (Phi) is 7.15. The Morgan fingerprint density at radius 2 is 1.89 bits per heavy atom. The van der Waals surface area contributed by atoms with E-state index in [1.54, 1.807) is 25.1 Å². The zero-order valence-corrected chi connectivity index (χ0v) is 15.9. The first-order valence-corrected chi connectivity index (χ1v) is 8.70. The lowest BCUT2D eigenvalue weighted by molar-refractivity contribution is -0.119. The quantitative estimate of drug-likeness (QED) is 0.580. The van der Waals surface area contributed by atoms with Crippen molar-refractivity contribution in [3.05, 3.63) is 51.5 Å². The van der Waals surface area contributed by atoms with E-state index >= 15 is 0 Å². The van der Waals surface area contributed by atoms with Gasteiger partial charge in [-0.05, 0) is 42.8 Å². The minimum Gasteiger partial charge on any atom is -0.490 e. The standard InChI is InChI=1S/C18H18Cl2N2O5/c1-2-26-15-6-10(5-14(20)17(15)27-9-16(21)23)8-22-11-3-4-13(19)12(7-11)18(24)25/h3-7,22H,2,8-9H2,1H3,(H2,21,23)(H,24,25). The number of primary amides is 1. The van der Waals surface area contributed by atoms with Crippen LogP contribution in [0.5, 0.6) is 11.5 Å². The highest BCUT2D eigenvalue weighted by molar-refractivity contribution is 6.33. The SMILES string of the molecule is CCOc1cc(CNc2ccc(Cl)c(C(=O)O)c2)cc(Cl)c1OCC(N)=O. The van der Waals surface area contributed by atoms with Gasteiger partial charge in [-0.2, -0.15) is 0 Å². The van der Waals surface area contributed by atoms with Crippen LogP contribution in [0, 0.1) is 0 Å². The minimum atomic E-state index is -1.11. The van der Waals surface area contributed by atoms with Crippen LogP contribution >= 0.6 is 23.2 Å². The monoisotopic (exact) mass is 412 g/mol. The summed E-state index contributed by atoms with van der Waals surface area (Å²) < 4.78 is 10.8. The molecule has 0 unspecified atom stereocenters. The minimum absolute atomic E-state index is 0.00454. The number of anilines is 1. The first-order chi connectivity index (χ1) is 12.8. The molecule has 0 aliphatic heterocycles. The van der Waals surface area contributed by atoms with Crippen LogP contribution < -0.4 is 20.5 Å². The number of ether oxygens (including phenoxy) is 2. The second-order valence-corrected chi connectivity index (χ2v) is 6.26. The van der Waals surface area contributed by atoms with Crippen molar-refractivity contribution in [3.63, 3.8) is 0 Å². The number of hydrogen-bond donors (Lipinski definition) is 3. The predicted octanol–water partition coefficient (Wildman–Crippen LogP) is 3.57. The maximum Gasteiger partial charge on any atom is 0.337 e. The molecule has 4 N–H and O–H groups in total. The van der Waals surface area contributed by atoms with E-state index in [-0.39, 0.29) is 28.0 Å². The highest BCUT2D eigenvalue weighted by Gasteiger charge is 2.14. The van der Waals surface area contributed by atoms with E-state index in [9.17, 15) is 9.59 Å². The predicted molar refractivity (Wildman–Crippen MR) is 103 cm³/mol. The van der Waals surface area contributed by atoms with Gasteiger partial charge in [-0.3, -0.25) is 4.79 Å². The largest absolute Gasteiger partial charge is 0.490 e. The molecule has 2 aromatic rings. The zero-order valence-electron chi connectivity index (χ0n) is 14.4. The summed E-state index contributed by atoms with van der Waals surface area (Å²) in [6, 6.07) is 7.99. The van der Waals surface area contributed by atoms with Crippen LogP contribution in [0.1, 0.15) is 22.8 Å². The van der Waals surface area contributed by atoms with Crippen LogP contribution in [-0.2, 0) is 11.3 Å². The molecule has 0 heterocycles. The van der Waals surface area contributed by atoms with Crippen LogP contribution in [0.4, 0.5) is 5.69 Å². The normalized spacial score (nSPS) is 10.3. The average molecular weight is 413 g/mol. The molecule has 0 radical (unpaired) electrons. The third-order valence-electron chi connectivity index (χ3n) is 3.42. The third-order valence-corrected chi connectivity index (χ3v) is 4.03. The molecule has 2 rings (SSSR count). The number of carboxylic acids is 1. The number of carbonyl (C=O) groups is 2. The van der Waals surface area contributed by atoms with Gasteiger partial charge in [0.25, 0.3) is 5.91 Å². The molecule has 0 saturated heterocycles. The van der Waals surface area contributed by atoms with Crippen LogP contribution in [0.25, 0.3) is 0 Å². The fraction of sp³-hybridized carbons (Fsp3) is 0.222. The number of rotatable bonds is 9. The molecule has 1 amide bonds. The highest BCUT2D eigenvalue weighted by atomic mass is 35.5. The molecule has 144 valence electrons. The van der Waals surface area contributed by atoms with E-state index in [0.717, 1.165) is 5.56 Å². The maximum absolute atomic E-state index is 11.2. The average Bonchev–Trinajstić information content (AvgIpc) is 2.60. The van der Waals surface area contributed by atoms with Crippen LogP contribution in [0.15, 0.2) is 30.3 Å². The number of amides is 1. The van der Waals surface area contributed by atoms with E-state index < -0.39 is 11.9 Å². The van der Waals surface area contributed by atoms with Crippen LogP contribution in [0.3, 0.4) is 0 Å². The summed E-state index contributed by atoms with van der Waals surface area (Å²) >= 11 is 12.1. The Morgan fingerprint density at radius 3 is 2.52 bits per heavy atom. The first-order valence-electron chi connectivity index (χ1n) is 7.94. The van der Waals surface area contributed by atoms with Gasteiger partial charge in [0.2, 0.25) is 0 Å². The number of carbonyl (C=O) groups excluding carboxylic acids is 1. The number of aromatic carboxylic acids is 1. The maximum atomic E-state index is 11.2. The van der Waals surface area contributed by atoms with E-state index in [1.165, 1.54) is 12.1 Å². The Hall–Kier alpha value is -2.64. The summed E-state index contributed by atoms with van der Waals surface area (Å²) in [6.07, 6.45) is 0. The number of carboxylic acid groups (broad SMARTS) is 1. The smallest absolute Gasteiger partial charge is 0.337 e. The lowest BCUT2D eigenvalue weighted by Gasteiger charge is -2.15. The fourth-order valence-corrected chi connectivity index (χ4v) is 2.76. The molecule has 2 aromatic carbocycles. The second kappa shape index (κ2) is 9.34. The van der Waals surface area contributed by atoms with Crippen LogP contribution in [0.2, 0.25) is 10.0 Å². The molecule has 0 fully saturated rings. The Bertz CT molecular complexity index is 858. The number of halogens is 2. The van der Waals surface area contributed by atoms with Gasteiger partial charge in [0.1, 0.15) is 0 Å². The summed E-state index contributed by atoms with van der Waals surface area (Å²) in [4.78, 5) is 22.1. The molecular weight excluding hydrogens is 395 g/mol. The lowest BCUT2D eigenvalue weighted by atomic mass is 10.1. The molecule has 0 atom stereocenters. The van der Waals surface area contributed by atoms with Crippen LogP contribution in [-0.4, -0.2) is 30.2 Å². The van der Waals surface area contributed by atoms with Gasteiger partial charge in [0.15, 0.2) is 18.1 Å². The number of nitrogens with two attached hydrogens (primary N) is 1. The van der Waals surface area contributed by atoms with Gasteiger partial charge in [-0.25, -0.2) is 4.79 Å². The van der Waals surface area contributed by atoms with Gasteiger partial charge in [0.05, 0.1) is 22.2 Å². The molecule has 9 heteroatoms. The number of hydrogen-bond acceptors (Lipinski definition) is 5. The van der Waals surface area contributed by atoms with E-state index in [0.29, 0.717) is 24.6 Å². The number of benzene rings is 2. The van der Waals surface area contributed by atoms with Gasteiger partial charge in [-0.1, -0.05) is 23.2 Å². The van der Waals surface area contributed by atoms with Crippen molar-refractivity contribution >= 4 is 40.8 Å². The summed E-state index contributed by atoms with van der Waals surface area (Å²) in [7, 11) is 0. The van der Waals surface area contributed by atoms with Crippen molar-refractivity contribution < 1.29 is 24.2 Å². The molecule has 0 aliphatic carbocycles. The van der Waals surface area contributed by atoms with Crippen molar-refractivity contribution in [2.75, 3.05) is 18.5 Å². The molecule has 7 nitrogen and oxygen atoms in total. The summed E-state index contributed by atoms with van der Waals surface area (Å²) in [5.74, 6) is -1.12. The molecule has 0 saturated carbocycles. The first kappa shape index (κ1) is 20.7. The second-order valence-electron chi connectivity index (χ2n) is 5.45. The van der Waals surface area contributed by atoms with Crippen molar-refractivity contribution in [1.29, 1.82) is 0 Å². The van der Waals surface area contributed by atoms with Crippen molar-refractivity contribution in [3.8, 4) is 11.5 Å². The Labute approximate surface area is 166 Å². The van der Waals surface area contributed by atoms with E-state index in [2.05, 4.69) is 5.32 Å². The summed E-state index contributed by atoms with van der Waals surface area (Å²) in [5, 5.41) is 12.7. The molecule has 0 aliphatic rings. The third kappa shape index (κ3) is 5.67.